The Morgan fingerprint density at radius 2 is 2.10 bits per heavy atom. The molecule has 2 heterocycles. The molecule has 0 aliphatic heterocycles. The van der Waals surface area contributed by atoms with Crippen molar-refractivity contribution >= 4 is 22.9 Å². The number of thiazole rings is 1. The fourth-order valence-electron chi connectivity index (χ4n) is 2.04. The Morgan fingerprint density at radius 1 is 1.19 bits per heavy atom. The van der Waals surface area contributed by atoms with E-state index < -0.39 is 0 Å². The average molecular weight is 319 g/mol. The van der Waals surface area contributed by atoms with E-state index in [1.165, 1.54) is 5.56 Å². The second-order valence-corrected chi connectivity index (χ2v) is 6.14. The summed E-state index contributed by atoms with van der Waals surface area (Å²) in [6, 6.07) is 11.8. The largest absolute Gasteiger partial charge is 0.463 e. The lowest BCUT2D eigenvalue weighted by atomic mass is 10.1. The lowest BCUT2D eigenvalue weighted by molar-refractivity contribution is 0.583. The maximum absolute atomic E-state index is 6.13. The van der Waals surface area contributed by atoms with Crippen LogP contribution >= 0.6 is 22.9 Å². The zero-order valence-corrected chi connectivity index (χ0v) is 13.0. The van der Waals surface area contributed by atoms with Crippen molar-refractivity contribution in [3.8, 4) is 10.6 Å². The minimum absolute atomic E-state index is 0.760. The monoisotopic (exact) mass is 318 g/mol. The molecular formula is C16H15ClN2OS. The van der Waals surface area contributed by atoms with Crippen molar-refractivity contribution in [3.05, 3.63) is 64.5 Å². The summed E-state index contributed by atoms with van der Waals surface area (Å²) in [5.74, 6) is 0.870. The summed E-state index contributed by atoms with van der Waals surface area (Å²) in [7, 11) is 0. The van der Waals surface area contributed by atoms with Gasteiger partial charge in [0.25, 0.3) is 0 Å². The van der Waals surface area contributed by atoms with Crippen LogP contribution in [0.3, 0.4) is 0 Å². The summed E-state index contributed by atoms with van der Waals surface area (Å²) in [5.41, 5.74) is 1.17. The molecule has 3 nitrogen and oxygen atoms in total. The van der Waals surface area contributed by atoms with Crippen molar-refractivity contribution in [1.29, 1.82) is 0 Å². The van der Waals surface area contributed by atoms with Crippen molar-refractivity contribution in [2.24, 2.45) is 0 Å². The summed E-state index contributed by atoms with van der Waals surface area (Å²) < 4.78 is 5.36. The Hall–Kier alpha value is -1.62. The van der Waals surface area contributed by atoms with E-state index in [2.05, 4.69) is 16.4 Å². The zero-order valence-electron chi connectivity index (χ0n) is 11.4. The van der Waals surface area contributed by atoms with Gasteiger partial charge in [0.05, 0.1) is 11.1 Å². The van der Waals surface area contributed by atoms with E-state index in [4.69, 9.17) is 16.0 Å². The van der Waals surface area contributed by atoms with Crippen LogP contribution in [0.15, 0.2) is 53.3 Å². The molecule has 0 radical (unpaired) electrons. The minimum Gasteiger partial charge on any atom is -0.463 e. The Kier molecular flexibility index (Phi) is 4.70. The van der Waals surface area contributed by atoms with Gasteiger partial charge >= 0.3 is 0 Å². The molecule has 2 aromatic heterocycles. The Morgan fingerprint density at radius 3 is 2.90 bits per heavy atom. The van der Waals surface area contributed by atoms with E-state index in [0.717, 1.165) is 40.2 Å². The van der Waals surface area contributed by atoms with Gasteiger partial charge in [0.1, 0.15) is 10.8 Å². The molecule has 0 atom stereocenters. The molecule has 1 aromatic carbocycles. The summed E-state index contributed by atoms with van der Waals surface area (Å²) in [5, 5.41) is 5.28. The molecule has 21 heavy (non-hydrogen) atoms. The first-order chi connectivity index (χ1) is 10.3. The third kappa shape index (κ3) is 3.73. The fourth-order valence-corrected chi connectivity index (χ4v) is 3.13. The highest BCUT2D eigenvalue weighted by Gasteiger charge is 2.06. The molecule has 0 saturated heterocycles. The summed E-state index contributed by atoms with van der Waals surface area (Å²) in [4.78, 5) is 5.46. The molecule has 0 fully saturated rings. The molecule has 0 spiro atoms. The maximum atomic E-state index is 6.13. The van der Waals surface area contributed by atoms with Crippen LogP contribution in [0.1, 0.15) is 10.6 Å². The van der Waals surface area contributed by atoms with Gasteiger partial charge < -0.3 is 9.73 Å². The predicted octanol–water partition coefficient (Wildman–Crippen LogP) is 4.39. The molecular weight excluding hydrogens is 304 g/mol. The van der Waals surface area contributed by atoms with E-state index in [1.807, 2.05) is 36.5 Å². The summed E-state index contributed by atoms with van der Waals surface area (Å²) >= 11 is 7.78. The second kappa shape index (κ2) is 6.89. The third-order valence-corrected chi connectivity index (χ3v) is 4.50. The molecule has 0 aliphatic carbocycles. The van der Waals surface area contributed by atoms with Crippen LogP contribution in [-0.2, 0) is 13.0 Å². The molecule has 0 bridgehead atoms. The van der Waals surface area contributed by atoms with Gasteiger partial charge in [0.15, 0.2) is 0 Å². The van der Waals surface area contributed by atoms with Gasteiger partial charge in [-0.3, -0.25) is 0 Å². The van der Waals surface area contributed by atoms with Gasteiger partial charge in [-0.1, -0.05) is 29.8 Å². The standard InChI is InChI=1S/C16H15ClN2OS/c17-13-5-2-1-4-12(13)7-8-18-11-16-19-10-15(21-16)14-6-3-9-20-14/h1-6,9-10,18H,7-8,11H2. The lowest BCUT2D eigenvalue weighted by Gasteiger charge is -2.04. The highest BCUT2D eigenvalue weighted by atomic mass is 35.5. The van der Waals surface area contributed by atoms with Gasteiger partial charge in [-0.2, -0.15) is 0 Å². The smallest absolute Gasteiger partial charge is 0.145 e. The van der Waals surface area contributed by atoms with Crippen LogP contribution in [0.5, 0.6) is 0 Å². The Balaban J connectivity index is 1.49. The van der Waals surface area contributed by atoms with E-state index in [-0.39, 0.29) is 0 Å². The lowest BCUT2D eigenvalue weighted by Crippen LogP contribution is -2.16. The van der Waals surface area contributed by atoms with E-state index >= 15 is 0 Å². The molecule has 0 saturated carbocycles. The number of furan rings is 1. The Bertz CT molecular complexity index is 694. The third-order valence-electron chi connectivity index (χ3n) is 3.12. The Labute approximate surface area is 132 Å². The zero-order chi connectivity index (χ0) is 14.5. The molecule has 108 valence electrons. The number of nitrogens with one attached hydrogen (secondary N) is 1. The van der Waals surface area contributed by atoms with Gasteiger partial charge in [0, 0.05) is 17.8 Å². The highest BCUT2D eigenvalue weighted by Crippen LogP contribution is 2.26. The number of aromatic nitrogens is 1. The van der Waals surface area contributed by atoms with Crippen molar-refractivity contribution in [2.75, 3.05) is 6.54 Å². The molecule has 1 N–H and O–H groups in total. The van der Waals surface area contributed by atoms with Crippen molar-refractivity contribution < 1.29 is 4.42 Å². The van der Waals surface area contributed by atoms with Crippen LogP contribution < -0.4 is 5.32 Å². The van der Waals surface area contributed by atoms with Crippen LogP contribution in [-0.4, -0.2) is 11.5 Å². The maximum Gasteiger partial charge on any atom is 0.145 e. The quantitative estimate of drug-likeness (QED) is 0.685. The van der Waals surface area contributed by atoms with E-state index in [0.29, 0.717) is 0 Å². The molecule has 0 aliphatic rings. The minimum atomic E-state index is 0.760. The summed E-state index contributed by atoms with van der Waals surface area (Å²) in [6.45, 7) is 1.63. The van der Waals surface area contributed by atoms with Crippen LogP contribution in [0.4, 0.5) is 0 Å². The number of halogens is 1. The van der Waals surface area contributed by atoms with Crippen LogP contribution in [0.25, 0.3) is 10.6 Å². The molecule has 3 rings (SSSR count). The highest BCUT2D eigenvalue weighted by molar-refractivity contribution is 7.15. The SMILES string of the molecule is Clc1ccccc1CCNCc1ncc(-c2ccco2)s1. The molecule has 0 amide bonds. The number of rotatable bonds is 6. The number of hydrogen-bond acceptors (Lipinski definition) is 4. The molecule has 3 aromatic rings. The van der Waals surface area contributed by atoms with Crippen LogP contribution in [0.2, 0.25) is 5.02 Å². The van der Waals surface area contributed by atoms with Gasteiger partial charge in [-0.05, 0) is 36.7 Å². The van der Waals surface area contributed by atoms with Gasteiger partial charge in [-0.15, -0.1) is 11.3 Å². The second-order valence-electron chi connectivity index (χ2n) is 4.61. The average Bonchev–Trinajstić information content (AvgIpc) is 3.16. The van der Waals surface area contributed by atoms with Crippen molar-refractivity contribution in [3.63, 3.8) is 0 Å². The number of nitrogens with zero attached hydrogens (tertiary/aromatic N) is 1. The predicted molar refractivity (Wildman–Crippen MR) is 86.7 cm³/mol. The van der Waals surface area contributed by atoms with Gasteiger partial charge in [-0.25, -0.2) is 4.98 Å². The van der Waals surface area contributed by atoms with Crippen molar-refractivity contribution in [2.45, 2.75) is 13.0 Å². The van der Waals surface area contributed by atoms with Crippen LogP contribution in [0, 0.1) is 0 Å². The van der Waals surface area contributed by atoms with Gasteiger partial charge in [0.2, 0.25) is 0 Å². The van der Waals surface area contributed by atoms with E-state index in [9.17, 15) is 0 Å². The van der Waals surface area contributed by atoms with E-state index in [1.54, 1.807) is 17.6 Å². The normalized spacial score (nSPS) is 10.9. The molecule has 5 heteroatoms. The first kappa shape index (κ1) is 14.3. The first-order valence-electron chi connectivity index (χ1n) is 6.75. The van der Waals surface area contributed by atoms with Crippen molar-refractivity contribution in [1.82, 2.24) is 10.3 Å². The fraction of sp³-hybridized carbons (Fsp3) is 0.188. The number of benzene rings is 1. The number of hydrogen-bond donors (Lipinski definition) is 1. The topological polar surface area (TPSA) is 38.1 Å². The molecule has 0 unspecified atom stereocenters. The first-order valence-corrected chi connectivity index (χ1v) is 7.95. The summed E-state index contributed by atoms with van der Waals surface area (Å²) in [6.07, 6.45) is 4.45.